The zero-order valence-electron chi connectivity index (χ0n) is 11.1. The minimum Gasteiger partial charge on any atom is -0.393 e. The first-order valence-corrected chi connectivity index (χ1v) is 6.34. The third kappa shape index (κ3) is 3.20. The zero-order valence-corrected chi connectivity index (χ0v) is 11.9. The van der Waals surface area contributed by atoms with Gasteiger partial charge in [-0.3, -0.25) is 9.69 Å². The van der Waals surface area contributed by atoms with E-state index >= 15 is 0 Å². The Balaban J connectivity index is 3.04. The van der Waals surface area contributed by atoms with Gasteiger partial charge in [0.2, 0.25) is 5.91 Å². The van der Waals surface area contributed by atoms with Crippen LogP contribution in [0.4, 0.5) is 8.78 Å². The number of alkyl halides is 2. The topological polar surface area (TPSA) is 70.0 Å². The molecule has 1 unspecified atom stereocenters. The van der Waals surface area contributed by atoms with Gasteiger partial charge in [-0.2, -0.15) is 0 Å². The second-order valence-electron chi connectivity index (χ2n) is 4.61. The number of hydrogen-bond donors (Lipinski definition) is 2. The van der Waals surface area contributed by atoms with Gasteiger partial charge in [0.25, 0.3) is 0 Å². The molecule has 20 heavy (non-hydrogen) atoms. The van der Waals surface area contributed by atoms with Gasteiger partial charge in [-0.25, -0.2) is 8.78 Å². The molecule has 0 bridgehead atoms. The summed E-state index contributed by atoms with van der Waals surface area (Å²) in [4.78, 5) is 12.9. The number of aliphatic hydroxyl groups is 2. The van der Waals surface area contributed by atoms with Crippen LogP contribution in [0, 0.1) is 0 Å². The Bertz CT molecular complexity index is 414. The van der Waals surface area contributed by atoms with Gasteiger partial charge >= 0.3 is 0 Å². The molecule has 0 aliphatic carbocycles. The maximum Gasteiger partial charge on any atom is 0.225 e. The van der Waals surface area contributed by atoms with E-state index in [1.54, 1.807) is 6.92 Å². The molecule has 0 spiro atoms. The van der Waals surface area contributed by atoms with Crippen molar-refractivity contribution >= 4 is 23.0 Å². The molecule has 1 amide bonds. The summed E-state index contributed by atoms with van der Waals surface area (Å²) in [5, 5.41) is 18.8. The van der Waals surface area contributed by atoms with E-state index < -0.39 is 43.3 Å². The molecule has 2 N–H and O–H groups in total. The summed E-state index contributed by atoms with van der Waals surface area (Å²) >= 11 is 4.81. The lowest BCUT2D eigenvalue weighted by Crippen LogP contribution is -2.47. The lowest BCUT2D eigenvalue weighted by atomic mass is 9.98. The SMILES string of the molecule is CC(=O)N(/C=C\C(C)=S)[C@@H]1O[C@@](CO)(CF)C(O)[C@@H]1F. The molecule has 8 heteroatoms. The van der Waals surface area contributed by atoms with Crippen LogP contribution in [0.3, 0.4) is 0 Å². The fourth-order valence-corrected chi connectivity index (χ4v) is 1.93. The van der Waals surface area contributed by atoms with Crippen molar-refractivity contribution in [1.29, 1.82) is 0 Å². The highest BCUT2D eigenvalue weighted by Gasteiger charge is 2.57. The molecule has 0 radical (unpaired) electrons. The van der Waals surface area contributed by atoms with Crippen LogP contribution in [0.1, 0.15) is 13.8 Å². The van der Waals surface area contributed by atoms with E-state index in [0.717, 1.165) is 4.90 Å². The van der Waals surface area contributed by atoms with Gasteiger partial charge in [0.15, 0.2) is 18.0 Å². The first kappa shape index (κ1) is 17.1. The fraction of sp³-hybridized carbons (Fsp3) is 0.667. The minimum absolute atomic E-state index is 0.448. The number of hydrogen-bond acceptors (Lipinski definition) is 5. The third-order valence-corrected chi connectivity index (χ3v) is 3.21. The van der Waals surface area contributed by atoms with Crippen molar-refractivity contribution in [3.8, 4) is 0 Å². The highest BCUT2D eigenvalue weighted by molar-refractivity contribution is 7.80. The molecule has 114 valence electrons. The van der Waals surface area contributed by atoms with Gasteiger partial charge in [0, 0.05) is 18.0 Å². The zero-order chi connectivity index (χ0) is 15.5. The summed E-state index contributed by atoms with van der Waals surface area (Å²) in [6.07, 6.45) is -2.84. The molecule has 1 aliphatic heterocycles. The first-order chi connectivity index (χ1) is 9.29. The predicted molar refractivity (Wildman–Crippen MR) is 71.5 cm³/mol. The average Bonchev–Trinajstić information content (AvgIpc) is 2.64. The van der Waals surface area contributed by atoms with Crippen molar-refractivity contribution in [3.05, 3.63) is 12.3 Å². The van der Waals surface area contributed by atoms with Gasteiger partial charge in [-0.05, 0) is 13.0 Å². The third-order valence-electron chi connectivity index (χ3n) is 3.07. The molecule has 5 nitrogen and oxygen atoms in total. The maximum absolute atomic E-state index is 14.1. The predicted octanol–water partition coefficient (Wildman–Crippen LogP) is 0.494. The van der Waals surface area contributed by atoms with Crippen molar-refractivity contribution in [2.24, 2.45) is 0 Å². The van der Waals surface area contributed by atoms with Crippen LogP contribution in [0.5, 0.6) is 0 Å². The van der Waals surface area contributed by atoms with Crippen molar-refractivity contribution in [2.75, 3.05) is 13.3 Å². The standard InChI is InChI=1S/C12H17F2NO4S/c1-7(20)3-4-15(8(2)17)11-9(14)10(18)12(5-13,6-16)19-11/h3-4,9-11,16,18H,5-6H2,1-2H3/b4-3-/t9-,10?,11+,12+/m0/s1. The second kappa shape index (κ2) is 6.66. The molecule has 4 atom stereocenters. The Morgan fingerprint density at radius 2 is 2.15 bits per heavy atom. The van der Waals surface area contributed by atoms with E-state index in [0.29, 0.717) is 4.86 Å². The number of rotatable bonds is 5. The molecule has 0 saturated carbocycles. The molecular formula is C12H17F2NO4S. The number of aliphatic hydroxyl groups excluding tert-OH is 2. The van der Waals surface area contributed by atoms with Crippen molar-refractivity contribution in [1.82, 2.24) is 4.90 Å². The number of amides is 1. The maximum atomic E-state index is 14.1. The van der Waals surface area contributed by atoms with Gasteiger partial charge in [-0.15, -0.1) is 0 Å². The summed E-state index contributed by atoms with van der Waals surface area (Å²) in [6, 6.07) is 0. The number of thiocarbonyl (C=S) groups is 1. The monoisotopic (exact) mass is 309 g/mol. The van der Waals surface area contributed by atoms with E-state index in [-0.39, 0.29) is 0 Å². The molecule has 0 aromatic rings. The Labute approximate surface area is 120 Å². The molecule has 0 aromatic carbocycles. The van der Waals surface area contributed by atoms with Crippen LogP contribution in [-0.4, -0.2) is 63.3 Å². The van der Waals surface area contributed by atoms with Gasteiger partial charge in [0.1, 0.15) is 12.8 Å². The molecule has 1 heterocycles. The summed E-state index contributed by atoms with van der Waals surface area (Å²) < 4.78 is 32.1. The first-order valence-electron chi connectivity index (χ1n) is 5.93. The highest BCUT2D eigenvalue weighted by Crippen LogP contribution is 2.35. The molecule has 1 aliphatic rings. The smallest absolute Gasteiger partial charge is 0.225 e. The summed E-state index contributed by atoms with van der Waals surface area (Å²) in [5.74, 6) is -0.565. The van der Waals surface area contributed by atoms with E-state index in [1.165, 1.54) is 19.2 Å². The molecule has 1 saturated heterocycles. The number of allylic oxidation sites excluding steroid dienone is 1. The lowest BCUT2D eigenvalue weighted by molar-refractivity contribution is -0.160. The number of nitrogens with zero attached hydrogens (tertiary/aromatic N) is 1. The highest BCUT2D eigenvalue weighted by atomic mass is 32.1. The molecule has 1 fully saturated rings. The number of carbonyl (C=O) groups is 1. The van der Waals surface area contributed by atoms with Crippen LogP contribution >= 0.6 is 12.2 Å². The van der Waals surface area contributed by atoms with E-state index in [9.17, 15) is 18.7 Å². The number of halogens is 2. The van der Waals surface area contributed by atoms with Crippen LogP contribution in [0.2, 0.25) is 0 Å². The Hall–Kier alpha value is -0.960. The van der Waals surface area contributed by atoms with Crippen molar-refractivity contribution in [2.45, 2.75) is 38.0 Å². The number of carbonyl (C=O) groups excluding carboxylic acids is 1. The summed E-state index contributed by atoms with van der Waals surface area (Å²) in [5.41, 5.74) is -2.06. The van der Waals surface area contributed by atoms with Crippen molar-refractivity contribution in [3.63, 3.8) is 0 Å². The lowest BCUT2D eigenvalue weighted by Gasteiger charge is -2.28. The largest absolute Gasteiger partial charge is 0.393 e. The Morgan fingerprint density at radius 3 is 2.50 bits per heavy atom. The van der Waals surface area contributed by atoms with Gasteiger partial charge < -0.3 is 14.9 Å². The summed E-state index contributed by atoms with van der Waals surface area (Å²) in [7, 11) is 0. The van der Waals surface area contributed by atoms with Crippen LogP contribution < -0.4 is 0 Å². The second-order valence-corrected chi connectivity index (χ2v) is 5.25. The van der Waals surface area contributed by atoms with Gasteiger partial charge in [0.05, 0.1) is 6.61 Å². The quantitative estimate of drug-likeness (QED) is 0.571. The molecule has 0 aromatic heterocycles. The number of ether oxygens (including phenoxy) is 1. The van der Waals surface area contributed by atoms with Crippen molar-refractivity contribution < 1.29 is 28.5 Å². The van der Waals surface area contributed by atoms with Gasteiger partial charge in [-0.1, -0.05) is 12.2 Å². The van der Waals surface area contributed by atoms with E-state index in [2.05, 4.69) is 0 Å². The fourth-order valence-electron chi connectivity index (χ4n) is 1.87. The summed E-state index contributed by atoms with van der Waals surface area (Å²) in [6.45, 7) is 0.591. The van der Waals surface area contributed by atoms with Crippen LogP contribution in [-0.2, 0) is 9.53 Å². The Kier molecular flexibility index (Phi) is 5.69. The minimum atomic E-state index is -2.06. The van der Waals surface area contributed by atoms with Crippen LogP contribution in [0.25, 0.3) is 0 Å². The van der Waals surface area contributed by atoms with E-state index in [4.69, 9.17) is 22.1 Å². The average molecular weight is 309 g/mol. The van der Waals surface area contributed by atoms with Crippen LogP contribution in [0.15, 0.2) is 12.3 Å². The molecular weight excluding hydrogens is 292 g/mol. The molecule has 1 rings (SSSR count). The normalized spacial score (nSPS) is 33.6. The Morgan fingerprint density at radius 1 is 1.55 bits per heavy atom. The van der Waals surface area contributed by atoms with E-state index in [1.807, 2.05) is 0 Å².